The molecule has 1 aliphatic rings. The summed E-state index contributed by atoms with van der Waals surface area (Å²) < 4.78 is 18.4. The summed E-state index contributed by atoms with van der Waals surface area (Å²) in [6, 6.07) is 6.73. The molecule has 0 saturated carbocycles. The molecular formula is C13H18FNO. The number of hydrogen-bond donors (Lipinski definition) is 0. The van der Waals surface area contributed by atoms with E-state index in [9.17, 15) is 4.39 Å². The van der Waals surface area contributed by atoms with Crippen LogP contribution in [0.15, 0.2) is 24.3 Å². The number of morpholine rings is 1. The van der Waals surface area contributed by atoms with E-state index in [-0.39, 0.29) is 18.0 Å². The summed E-state index contributed by atoms with van der Waals surface area (Å²) in [5.74, 6) is -0.174. The number of rotatable bonds is 2. The Hall–Kier alpha value is -0.930. The first kappa shape index (κ1) is 11.6. The molecule has 0 unspecified atom stereocenters. The van der Waals surface area contributed by atoms with Crippen LogP contribution < -0.4 is 0 Å². The summed E-state index contributed by atoms with van der Waals surface area (Å²) in [4.78, 5) is 2.35. The molecule has 0 radical (unpaired) electrons. The van der Waals surface area contributed by atoms with Gasteiger partial charge in [-0.1, -0.05) is 12.1 Å². The first-order chi connectivity index (χ1) is 7.63. The molecule has 1 aromatic rings. The van der Waals surface area contributed by atoms with Gasteiger partial charge in [-0.05, 0) is 31.5 Å². The van der Waals surface area contributed by atoms with Gasteiger partial charge in [0.1, 0.15) is 5.82 Å². The van der Waals surface area contributed by atoms with Crippen molar-refractivity contribution in [2.24, 2.45) is 0 Å². The molecule has 0 bridgehead atoms. The van der Waals surface area contributed by atoms with Gasteiger partial charge in [-0.15, -0.1) is 0 Å². The molecule has 0 aliphatic carbocycles. The van der Waals surface area contributed by atoms with E-state index in [1.807, 2.05) is 12.1 Å². The van der Waals surface area contributed by atoms with Gasteiger partial charge in [-0.3, -0.25) is 4.90 Å². The Kier molecular flexibility index (Phi) is 3.56. The second-order valence-electron chi connectivity index (χ2n) is 4.58. The van der Waals surface area contributed by atoms with Crippen molar-refractivity contribution in [3.05, 3.63) is 35.6 Å². The molecule has 1 heterocycles. The van der Waals surface area contributed by atoms with E-state index in [1.54, 1.807) is 0 Å². The second-order valence-corrected chi connectivity index (χ2v) is 4.58. The van der Waals surface area contributed by atoms with Crippen LogP contribution in [0.2, 0.25) is 0 Å². The summed E-state index contributed by atoms with van der Waals surface area (Å²) in [6.45, 7) is 6.95. The number of hydrogen-bond acceptors (Lipinski definition) is 2. The molecule has 1 saturated heterocycles. The van der Waals surface area contributed by atoms with Gasteiger partial charge in [-0.25, -0.2) is 4.39 Å². The van der Waals surface area contributed by atoms with Crippen molar-refractivity contribution in [1.82, 2.24) is 4.90 Å². The molecule has 0 spiro atoms. The number of ether oxygens (including phenoxy) is 1. The number of benzene rings is 1. The topological polar surface area (TPSA) is 12.5 Å². The van der Waals surface area contributed by atoms with Gasteiger partial charge in [0.25, 0.3) is 0 Å². The van der Waals surface area contributed by atoms with Crippen molar-refractivity contribution in [3.8, 4) is 0 Å². The summed E-state index contributed by atoms with van der Waals surface area (Å²) in [6.07, 6.45) is 0.563. The molecule has 0 amide bonds. The monoisotopic (exact) mass is 223 g/mol. The smallest absolute Gasteiger partial charge is 0.123 e. The predicted octanol–water partition coefficient (Wildman–Crippen LogP) is 2.43. The molecule has 0 aromatic heterocycles. The molecule has 0 N–H and O–H groups in total. The van der Waals surface area contributed by atoms with Crippen molar-refractivity contribution in [2.45, 2.75) is 32.6 Å². The molecule has 2 atom stereocenters. The molecule has 88 valence electrons. The van der Waals surface area contributed by atoms with Gasteiger partial charge < -0.3 is 4.74 Å². The Labute approximate surface area is 96.0 Å². The van der Waals surface area contributed by atoms with E-state index >= 15 is 0 Å². The third kappa shape index (κ3) is 3.03. The molecule has 3 heteroatoms. The molecule has 1 fully saturated rings. The van der Waals surface area contributed by atoms with Gasteiger partial charge in [0.05, 0.1) is 12.2 Å². The van der Waals surface area contributed by atoms with Crippen LogP contribution in [-0.4, -0.2) is 30.2 Å². The zero-order valence-electron chi connectivity index (χ0n) is 9.82. The maximum absolute atomic E-state index is 12.8. The van der Waals surface area contributed by atoms with Crippen LogP contribution in [0.4, 0.5) is 4.39 Å². The van der Waals surface area contributed by atoms with Crippen LogP contribution in [0, 0.1) is 5.82 Å². The lowest BCUT2D eigenvalue weighted by molar-refractivity contribution is -0.0704. The Morgan fingerprint density at radius 3 is 2.31 bits per heavy atom. The van der Waals surface area contributed by atoms with E-state index in [1.165, 1.54) is 12.1 Å². The fraction of sp³-hybridized carbons (Fsp3) is 0.538. The largest absolute Gasteiger partial charge is 0.373 e. The first-order valence-electron chi connectivity index (χ1n) is 5.76. The van der Waals surface area contributed by atoms with Crippen molar-refractivity contribution < 1.29 is 9.13 Å². The molecular weight excluding hydrogens is 205 g/mol. The predicted molar refractivity (Wildman–Crippen MR) is 61.7 cm³/mol. The quantitative estimate of drug-likeness (QED) is 0.763. The van der Waals surface area contributed by atoms with Crippen molar-refractivity contribution in [2.75, 3.05) is 13.1 Å². The lowest BCUT2D eigenvalue weighted by Gasteiger charge is -2.35. The highest BCUT2D eigenvalue weighted by Gasteiger charge is 2.21. The van der Waals surface area contributed by atoms with Gasteiger partial charge >= 0.3 is 0 Å². The summed E-state index contributed by atoms with van der Waals surface area (Å²) in [7, 11) is 0. The highest BCUT2D eigenvalue weighted by atomic mass is 19.1. The van der Waals surface area contributed by atoms with Gasteiger partial charge in [0.15, 0.2) is 0 Å². The molecule has 2 rings (SSSR count). The van der Waals surface area contributed by atoms with Crippen molar-refractivity contribution in [3.63, 3.8) is 0 Å². The third-order valence-electron chi connectivity index (χ3n) is 2.81. The summed E-state index contributed by atoms with van der Waals surface area (Å²) in [5, 5.41) is 0. The minimum atomic E-state index is -0.174. The molecule has 2 nitrogen and oxygen atoms in total. The fourth-order valence-electron chi connectivity index (χ4n) is 2.26. The highest BCUT2D eigenvalue weighted by molar-refractivity contribution is 5.15. The Morgan fingerprint density at radius 1 is 1.19 bits per heavy atom. The van der Waals surface area contributed by atoms with Crippen molar-refractivity contribution >= 4 is 0 Å². The van der Waals surface area contributed by atoms with E-state index in [0.717, 1.165) is 25.2 Å². The van der Waals surface area contributed by atoms with E-state index in [2.05, 4.69) is 18.7 Å². The normalized spacial score (nSPS) is 26.9. The van der Waals surface area contributed by atoms with Gasteiger partial charge in [-0.2, -0.15) is 0 Å². The van der Waals surface area contributed by atoms with Gasteiger partial charge in [0, 0.05) is 19.6 Å². The maximum Gasteiger partial charge on any atom is 0.123 e. The molecule has 1 aliphatic heterocycles. The fourth-order valence-corrected chi connectivity index (χ4v) is 2.26. The minimum Gasteiger partial charge on any atom is -0.373 e. The van der Waals surface area contributed by atoms with Crippen LogP contribution in [0.3, 0.4) is 0 Å². The minimum absolute atomic E-state index is 0.174. The second kappa shape index (κ2) is 4.93. The van der Waals surface area contributed by atoms with E-state index in [4.69, 9.17) is 4.74 Å². The Bertz CT molecular complexity index is 328. The third-order valence-corrected chi connectivity index (χ3v) is 2.81. The Morgan fingerprint density at radius 2 is 1.75 bits per heavy atom. The van der Waals surface area contributed by atoms with Crippen LogP contribution in [0.25, 0.3) is 0 Å². The average Bonchev–Trinajstić information content (AvgIpc) is 2.20. The first-order valence-corrected chi connectivity index (χ1v) is 5.76. The van der Waals surface area contributed by atoms with Crippen LogP contribution in [0.5, 0.6) is 0 Å². The zero-order chi connectivity index (χ0) is 11.5. The van der Waals surface area contributed by atoms with E-state index < -0.39 is 0 Å². The SMILES string of the molecule is C[C@H]1CN(Cc2ccc(F)cc2)C[C@H](C)O1. The zero-order valence-corrected chi connectivity index (χ0v) is 9.82. The number of nitrogens with zero attached hydrogens (tertiary/aromatic N) is 1. The average molecular weight is 223 g/mol. The Balaban J connectivity index is 1.96. The maximum atomic E-state index is 12.8. The highest BCUT2D eigenvalue weighted by Crippen LogP contribution is 2.14. The lowest BCUT2D eigenvalue weighted by atomic mass is 10.1. The summed E-state index contributed by atoms with van der Waals surface area (Å²) in [5.41, 5.74) is 1.16. The van der Waals surface area contributed by atoms with Gasteiger partial charge in [0.2, 0.25) is 0 Å². The molecule has 1 aromatic carbocycles. The van der Waals surface area contributed by atoms with Crippen LogP contribution in [-0.2, 0) is 11.3 Å². The number of halogens is 1. The van der Waals surface area contributed by atoms with E-state index in [0.29, 0.717) is 0 Å². The van der Waals surface area contributed by atoms with Crippen molar-refractivity contribution in [1.29, 1.82) is 0 Å². The lowest BCUT2D eigenvalue weighted by Crippen LogP contribution is -2.44. The van der Waals surface area contributed by atoms with Crippen LogP contribution >= 0.6 is 0 Å². The molecule has 16 heavy (non-hydrogen) atoms. The summed E-state index contributed by atoms with van der Waals surface area (Å²) >= 11 is 0. The van der Waals surface area contributed by atoms with Crippen LogP contribution in [0.1, 0.15) is 19.4 Å². The standard InChI is InChI=1S/C13H18FNO/c1-10-7-15(8-11(2)16-10)9-12-3-5-13(14)6-4-12/h3-6,10-11H,7-9H2,1-2H3/t10-,11-/m0/s1.